The number of rotatable bonds is 3. The molecule has 19 heavy (non-hydrogen) atoms. The van der Waals surface area contributed by atoms with Gasteiger partial charge in [0.15, 0.2) is 5.82 Å². The van der Waals surface area contributed by atoms with Gasteiger partial charge in [0.2, 0.25) is 0 Å². The molecule has 0 unspecified atom stereocenters. The van der Waals surface area contributed by atoms with Crippen LogP contribution in [0.3, 0.4) is 0 Å². The number of phenolic OH excluding ortho intramolecular Hbond substituents is 1. The van der Waals surface area contributed by atoms with Crippen LogP contribution < -0.4 is 0 Å². The van der Waals surface area contributed by atoms with Crippen molar-refractivity contribution in [3.05, 3.63) is 41.0 Å². The number of aromatic amines is 1. The van der Waals surface area contributed by atoms with Crippen LogP contribution in [-0.4, -0.2) is 38.1 Å². The highest BCUT2D eigenvalue weighted by atomic mass is 16.3. The number of aromatic hydroxyl groups is 1. The molecule has 0 radical (unpaired) electrons. The minimum Gasteiger partial charge on any atom is -0.508 e. The summed E-state index contributed by atoms with van der Waals surface area (Å²) in [5.41, 5.74) is 1.06. The first-order valence-electron chi connectivity index (χ1n) is 5.91. The predicted molar refractivity (Wildman–Crippen MR) is 69.8 cm³/mol. The molecule has 1 amide bonds. The molecule has 0 aliphatic carbocycles. The van der Waals surface area contributed by atoms with Crippen molar-refractivity contribution in [3.8, 4) is 5.75 Å². The number of benzene rings is 1. The zero-order chi connectivity index (χ0) is 14.0. The molecule has 2 N–H and O–H groups in total. The number of nitrogens with one attached hydrogen (secondary N) is 1. The number of aryl methyl sites for hydroxylation is 1. The lowest BCUT2D eigenvalue weighted by molar-refractivity contribution is 0.0780. The molecule has 1 heterocycles. The molecule has 2 aromatic rings. The van der Waals surface area contributed by atoms with Gasteiger partial charge in [0.25, 0.3) is 5.91 Å². The second kappa shape index (κ2) is 5.09. The number of amides is 1. The van der Waals surface area contributed by atoms with Crippen LogP contribution in [0.1, 0.15) is 27.6 Å². The topological polar surface area (TPSA) is 82.1 Å². The summed E-state index contributed by atoms with van der Waals surface area (Å²) in [6.07, 6.45) is 0. The molecule has 0 saturated heterocycles. The minimum atomic E-state index is -0.171. The molecule has 0 aliphatic rings. The standard InChI is InChI=1S/C13H16N4O2/c1-8-10(5-4-6-11(8)18)13(19)17(3)7-12-14-9(2)15-16-12/h4-6,18H,7H2,1-3H3,(H,14,15,16). The fourth-order valence-electron chi connectivity index (χ4n) is 1.80. The van der Waals surface area contributed by atoms with Gasteiger partial charge in [0.1, 0.15) is 11.6 Å². The Hall–Kier alpha value is -2.37. The van der Waals surface area contributed by atoms with E-state index in [1.807, 2.05) is 0 Å². The number of phenols is 1. The maximum absolute atomic E-state index is 12.3. The molecule has 0 spiro atoms. The van der Waals surface area contributed by atoms with Crippen molar-refractivity contribution < 1.29 is 9.90 Å². The first-order chi connectivity index (χ1) is 8.99. The number of carbonyl (C=O) groups is 1. The second-order valence-corrected chi connectivity index (χ2v) is 4.45. The normalized spacial score (nSPS) is 10.5. The summed E-state index contributed by atoms with van der Waals surface area (Å²) < 4.78 is 0. The third-order valence-corrected chi connectivity index (χ3v) is 2.90. The fourth-order valence-corrected chi connectivity index (χ4v) is 1.80. The Morgan fingerprint density at radius 3 is 2.79 bits per heavy atom. The summed E-state index contributed by atoms with van der Waals surface area (Å²) in [5, 5.41) is 16.3. The minimum absolute atomic E-state index is 0.119. The lowest BCUT2D eigenvalue weighted by Gasteiger charge is -2.17. The van der Waals surface area contributed by atoms with E-state index in [0.29, 0.717) is 29.3 Å². The van der Waals surface area contributed by atoms with Crippen LogP contribution in [0.25, 0.3) is 0 Å². The quantitative estimate of drug-likeness (QED) is 0.874. The molecular formula is C13H16N4O2. The molecule has 0 saturated carbocycles. The van der Waals surface area contributed by atoms with E-state index in [-0.39, 0.29) is 11.7 Å². The van der Waals surface area contributed by atoms with Gasteiger partial charge in [-0.15, -0.1) is 0 Å². The summed E-state index contributed by atoms with van der Waals surface area (Å²) >= 11 is 0. The average Bonchev–Trinajstić information content (AvgIpc) is 2.77. The number of H-pyrrole nitrogens is 1. The van der Waals surface area contributed by atoms with E-state index in [1.165, 1.54) is 4.90 Å². The molecule has 6 nitrogen and oxygen atoms in total. The Kier molecular flexibility index (Phi) is 3.50. The zero-order valence-corrected chi connectivity index (χ0v) is 11.1. The number of aromatic nitrogens is 3. The van der Waals surface area contributed by atoms with Gasteiger partial charge in [-0.05, 0) is 26.0 Å². The number of hydrogen-bond acceptors (Lipinski definition) is 4. The molecule has 1 aromatic carbocycles. The fraction of sp³-hybridized carbons (Fsp3) is 0.308. The number of carbonyl (C=O) groups excluding carboxylic acids is 1. The van der Waals surface area contributed by atoms with Gasteiger partial charge in [-0.1, -0.05) is 6.07 Å². The highest BCUT2D eigenvalue weighted by Gasteiger charge is 2.17. The summed E-state index contributed by atoms with van der Waals surface area (Å²) in [6.45, 7) is 3.84. The predicted octanol–water partition coefficient (Wildman–Crippen LogP) is 1.40. The summed E-state index contributed by atoms with van der Waals surface area (Å²) in [4.78, 5) is 18.0. The molecule has 6 heteroatoms. The van der Waals surface area contributed by atoms with Crippen LogP contribution in [0.15, 0.2) is 18.2 Å². The van der Waals surface area contributed by atoms with Gasteiger partial charge >= 0.3 is 0 Å². The van der Waals surface area contributed by atoms with Crippen LogP contribution in [0.4, 0.5) is 0 Å². The lowest BCUT2D eigenvalue weighted by atomic mass is 10.1. The Balaban J connectivity index is 2.17. The van der Waals surface area contributed by atoms with Crippen molar-refractivity contribution in [2.45, 2.75) is 20.4 Å². The van der Waals surface area contributed by atoms with Crippen LogP contribution >= 0.6 is 0 Å². The third-order valence-electron chi connectivity index (χ3n) is 2.90. The molecular weight excluding hydrogens is 244 g/mol. The van der Waals surface area contributed by atoms with Gasteiger partial charge < -0.3 is 10.0 Å². The zero-order valence-electron chi connectivity index (χ0n) is 11.1. The first kappa shape index (κ1) is 13.1. The Morgan fingerprint density at radius 1 is 1.42 bits per heavy atom. The van der Waals surface area contributed by atoms with Gasteiger partial charge in [0.05, 0.1) is 6.54 Å². The maximum atomic E-state index is 12.3. The van der Waals surface area contributed by atoms with Crippen molar-refractivity contribution in [3.63, 3.8) is 0 Å². The van der Waals surface area contributed by atoms with E-state index in [2.05, 4.69) is 15.2 Å². The molecule has 0 fully saturated rings. The van der Waals surface area contributed by atoms with Gasteiger partial charge in [-0.2, -0.15) is 5.10 Å². The average molecular weight is 260 g/mol. The van der Waals surface area contributed by atoms with Gasteiger partial charge in [-0.25, -0.2) is 4.98 Å². The van der Waals surface area contributed by atoms with Crippen molar-refractivity contribution in [2.24, 2.45) is 0 Å². The Labute approximate surface area is 111 Å². The van der Waals surface area contributed by atoms with E-state index in [1.54, 1.807) is 39.1 Å². The van der Waals surface area contributed by atoms with Gasteiger partial charge in [0, 0.05) is 18.2 Å². The Morgan fingerprint density at radius 2 is 2.16 bits per heavy atom. The largest absolute Gasteiger partial charge is 0.508 e. The molecule has 2 rings (SSSR count). The summed E-state index contributed by atoms with van der Waals surface area (Å²) in [6, 6.07) is 4.90. The van der Waals surface area contributed by atoms with Crippen LogP contribution in [0.5, 0.6) is 5.75 Å². The third kappa shape index (κ3) is 2.73. The van der Waals surface area contributed by atoms with Crippen molar-refractivity contribution >= 4 is 5.91 Å². The van der Waals surface area contributed by atoms with Crippen LogP contribution in [0, 0.1) is 13.8 Å². The SMILES string of the molecule is Cc1nc(CN(C)C(=O)c2cccc(O)c2C)n[nH]1. The summed E-state index contributed by atoms with van der Waals surface area (Å²) in [7, 11) is 1.68. The maximum Gasteiger partial charge on any atom is 0.254 e. The monoisotopic (exact) mass is 260 g/mol. The van der Waals surface area contributed by atoms with E-state index >= 15 is 0 Å². The molecule has 100 valence electrons. The molecule has 1 aromatic heterocycles. The van der Waals surface area contributed by atoms with Crippen molar-refractivity contribution in [1.82, 2.24) is 20.1 Å². The molecule has 0 atom stereocenters. The number of nitrogens with zero attached hydrogens (tertiary/aromatic N) is 3. The van der Waals surface area contributed by atoms with E-state index in [9.17, 15) is 9.90 Å². The first-order valence-corrected chi connectivity index (χ1v) is 5.91. The van der Waals surface area contributed by atoms with E-state index < -0.39 is 0 Å². The lowest BCUT2D eigenvalue weighted by Crippen LogP contribution is -2.27. The van der Waals surface area contributed by atoms with Crippen LogP contribution in [0.2, 0.25) is 0 Å². The van der Waals surface area contributed by atoms with E-state index in [4.69, 9.17) is 0 Å². The highest BCUT2D eigenvalue weighted by Crippen LogP contribution is 2.20. The molecule has 0 bridgehead atoms. The number of hydrogen-bond donors (Lipinski definition) is 2. The van der Waals surface area contributed by atoms with Crippen molar-refractivity contribution in [1.29, 1.82) is 0 Å². The highest BCUT2D eigenvalue weighted by molar-refractivity contribution is 5.96. The van der Waals surface area contributed by atoms with Crippen molar-refractivity contribution in [2.75, 3.05) is 7.05 Å². The van der Waals surface area contributed by atoms with Crippen LogP contribution in [-0.2, 0) is 6.54 Å². The second-order valence-electron chi connectivity index (χ2n) is 4.45. The smallest absolute Gasteiger partial charge is 0.254 e. The summed E-state index contributed by atoms with van der Waals surface area (Å²) in [5.74, 6) is 1.22. The van der Waals surface area contributed by atoms with E-state index in [0.717, 1.165) is 0 Å². The van der Waals surface area contributed by atoms with Gasteiger partial charge in [-0.3, -0.25) is 9.89 Å². The molecule has 0 aliphatic heterocycles. The Bertz CT molecular complexity index is 606.